The van der Waals surface area contributed by atoms with Crippen molar-refractivity contribution in [2.45, 2.75) is 45.8 Å². The molecule has 16 heavy (non-hydrogen) atoms. The minimum atomic E-state index is -1.43. The van der Waals surface area contributed by atoms with Crippen LogP contribution in [0.3, 0.4) is 0 Å². The van der Waals surface area contributed by atoms with Crippen molar-refractivity contribution in [3.63, 3.8) is 0 Å². The number of ether oxygens (including phenoxy) is 1. The van der Waals surface area contributed by atoms with Gasteiger partial charge >= 0.3 is 5.97 Å². The van der Waals surface area contributed by atoms with E-state index < -0.39 is 8.07 Å². The van der Waals surface area contributed by atoms with Gasteiger partial charge in [-0.15, -0.1) is 6.58 Å². The molecule has 0 heterocycles. The van der Waals surface area contributed by atoms with Crippen LogP contribution in [-0.4, -0.2) is 21.2 Å². The second kappa shape index (κ2) is 6.69. The third-order valence-electron chi connectivity index (χ3n) is 2.68. The molecule has 0 N–H and O–H groups in total. The van der Waals surface area contributed by atoms with Crippen molar-refractivity contribution < 1.29 is 9.53 Å². The van der Waals surface area contributed by atoms with Crippen LogP contribution in [0.15, 0.2) is 23.4 Å². The molecule has 2 nitrogen and oxygen atoms in total. The van der Waals surface area contributed by atoms with Gasteiger partial charge in [0.1, 0.15) is 0 Å². The molecule has 0 saturated heterocycles. The molecule has 0 amide bonds. The Hall–Kier alpha value is -0.833. The molecule has 0 aromatic carbocycles. The van der Waals surface area contributed by atoms with Gasteiger partial charge < -0.3 is 4.74 Å². The number of carbonyl (C=O) groups is 1. The number of hydrogen-bond donors (Lipinski definition) is 0. The molecule has 0 radical (unpaired) electrons. The predicted octanol–water partition coefficient (Wildman–Crippen LogP) is 3.71. The number of carbonyl (C=O) groups excluding carboxylic acids is 1. The molecular formula is C13H24O2Si. The van der Waals surface area contributed by atoms with E-state index in [9.17, 15) is 4.79 Å². The average molecular weight is 240 g/mol. The van der Waals surface area contributed by atoms with Gasteiger partial charge in [-0.05, 0) is 26.2 Å². The molecule has 3 heteroatoms. The van der Waals surface area contributed by atoms with Crippen molar-refractivity contribution >= 4 is 14.0 Å². The van der Waals surface area contributed by atoms with E-state index in [1.165, 1.54) is 12.3 Å². The maximum Gasteiger partial charge on any atom is 0.332 e. The van der Waals surface area contributed by atoms with Gasteiger partial charge in [-0.2, -0.15) is 0 Å². The van der Waals surface area contributed by atoms with Gasteiger partial charge in [0.25, 0.3) is 0 Å². The molecule has 0 aliphatic carbocycles. The van der Waals surface area contributed by atoms with Crippen molar-refractivity contribution in [3.05, 3.63) is 23.4 Å². The van der Waals surface area contributed by atoms with E-state index in [0.29, 0.717) is 0 Å². The first-order valence-electron chi connectivity index (χ1n) is 5.74. The maximum atomic E-state index is 11.6. The van der Waals surface area contributed by atoms with Gasteiger partial charge in [-0.3, -0.25) is 0 Å². The highest BCUT2D eigenvalue weighted by molar-refractivity contribution is 6.83. The number of allylic oxidation sites excluding steroid dienone is 2. The zero-order chi connectivity index (χ0) is 12.8. The second-order valence-electron chi connectivity index (χ2n) is 5.03. The third kappa shape index (κ3) is 4.79. The van der Waals surface area contributed by atoms with Crippen LogP contribution in [0.2, 0.25) is 19.6 Å². The molecule has 0 fully saturated rings. The highest BCUT2D eigenvalue weighted by Crippen LogP contribution is 2.24. The first-order valence-corrected chi connectivity index (χ1v) is 9.24. The van der Waals surface area contributed by atoms with E-state index in [2.05, 4.69) is 26.2 Å². The zero-order valence-electron chi connectivity index (χ0n) is 11.2. The van der Waals surface area contributed by atoms with E-state index in [4.69, 9.17) is 4.74 Å². The van der Waals surface area contributed by atoms with Gasteiger partial charge in [-0.1, -0.05) is 30.9 Å². The zero-order valence-corrected chi connectivity index (χ0v) is 12.2. The summed E-state index contributed by atoms with van der Waals surface area (Å²) in [7, 11) is 0.00761. The van der Waals surface area contributed by atoms with Gasteiger partial charge in [0.15, 0.2) is 0 Å². The highest BCUT2D eigenvalue weighted by atomic mass is 28.3. The van der Waals surface area contributed by atoms with E-state index in [-0.39, 0.29) is 5.97 Å². The topological polar surface area (TPSA) is 26.3 Å². The summed E-state index contributed by atoms with van der Waals surface area (Å²) >= 11 is 0. The molecule has 0 saturated carbocycles. The molecule has 0 aromatic rings. The Kier molecular flexibility index (Phi) is 6.34. The monoisotopic (exact) mass is 240 g/mol. The summed E-state index contributed by atoms with van der Waals surface area (Å²) in [6, 6.07) is 0. The van der Waals surface area contributed by atoms with Crippen molar-refractivity contribution in [2.75, 3.05) is 7.11 Å². The summed E-state index contributed by atoms with van der Waals surface area (Å²) in [5.41, 5.74) is 0.811. The number of hydrogen-bond acceptors (Lipinski definition) is 2. The number of esters is 1. The minimum absolute atomic E-state index is 0.184. The summed E-state index contributed by atoms with van der Waals surface area (Å²) in [5.74, 6) is -0.184. The molecule has 0 bridgehead atoms. The lowest BCUT2D eigenvalue weighted by Gasteiger charge is -2.23. The summed E-state index contributed by atoms with van der Waals surface area (Å²) < 4.78 is 4.80. The maximum absolute atomic E-state index is 11.6. The van der Waals surface area contributed by atoms with Crippen LogP contribution in [0.1, 0.15) is 26.2 Å². The van der Waals surface area contributed by atoms with Crippen LogP contribution in [0, 0.1) is 0 Å². The van der Waals surface area contributed by atoms with E-state index in [1.54, 1.807) is 0 Å². The molecule has 0 rings (SSSR count). The lowest BCUT2D eigenvalue weighted by atomic mass is 10.1. The predicted molar refractivity (Wildman–Crippen MR) is 72.1 cm³/mol. The Morgan fingerprint density at radius 1 is 1.38 bits per heavy atom. The molecule has 0 unspecified atom stereocenters. The fraction of sp³-hybridized carbons (Fsp3) is 0.615. The normalized spacial score (nSPS) is 13.1. The van der Waals surface area contributed by atoms with E-state index in [0.717, 1.165) is 24.8 Å². The first-order chi connectivity index (χ1) is 7.34. The van der Waals surface area contributed by atoms with Gasteiger partial charge in [-0.25, -0.2) is 4.79 Å². The quantitative estimate of drug-likeness (QED) is 0.233. The smallest absolute Gasteiger partial charge is 0.332 e. The van der Waals surface area contributed by atoms with E-state index in [1.807, 2.05) is 13.0 Å². The molecular weight excluding hydrogens is 216 g/mol. The Bertz CT molecular complexity index is 285. The summed E-state index contributed by atoms with van der Waals surface area (Å²) in [4.78, 5) is 11.6. The Morgan fingerprint density at radius 3 is 2.31 bits per heavy atom. The average Bonchev–Trinajstić information content (AvgIpc) is 2.20. The van der Waals surface area contributed by atoms with Crippen molar-refractivity contribution in [1.82, 2.24) is 0 Å². The Morgan fingerprint density at radius 2 is 1.94 bits per heavy atom. The molecule has 0 aliphatic heterocycles. The molecule has 92 valence electrons. The summed E-state index contributed by atoms with van der Waals surface area (Å²) in [5, 5.41) is 1.32. The molecule has 0 spiro atoms. The van der Waals surface area contributed by atoms with Gasteiger partial charge in [0, 0.05) is 5.57 Å². The highest BCUT2D eigenvalue weighted by Gasteiger charge is 2.24. The van der Waals surface area contributed by atoms with Crippen molar-refractivity contribution in [1.29, 1.82) is 0 Å². The van der Waals surface area contributed by atoms with Crippen LogP contribution in [0.4, 0.5) is 0 Å². The SMILES string of the molecule is C=CCCC/C(=C(\C)C(=O)OC)[Si](C)(C)C. The summed E-state index contributed by atoms with van der Waals surface area (Å²) in [6.07, 6.45) is 4.98. The van der Waals surface area contributed by atoms with Crippen LogP contribution in [0.5, 0.6) is 0 Å². The van der Waals surface area contributed by atoms with Crippen molar-refractivity contribution in [3.8, 4) is 0 Å². The number of unbranched alkanes of at least 4 members (excludes halogenated alkanes) is 1. The largest absolute Gasteiger partial charge is 0.466 e. The molecule has 0 aromatic heterocycles. The van der Waals surface area contributed by atoms with Crippen molar-refractivity contribution in [2.24, 2.45) is 0 Å². The van der Waals surface area contributed by atoms with Gasteiger partial charge in [0.05, 0.1) is 15.2 Å². The lowest BCUT2D eigenvalue weighted by Crippen LogP contribution is -2.27. The third-order valence-corrected chi connectivity index (χ3v) is 5.12. The second-order valence-corrected chi connectivity index (χ2v) is 10.1. The van der Waals surface area contributed by atoms with Crippen LogP contribution in [0.25, 0.3) is 0 Å². The fourth-order valence-electron chi connectivity index (χ4n) is 1.82. The fourth-order valence-corrected chi connectivity index (χ4v) is 3.98. The van der Waals surface area contributed by atoms with Crippen LogP contribution in [-0.2, 0) is 9.53 Å². The molecule has 0 aliphatic rings. The number of methoxy groups -OCH3 is 1. The van der Waals surface area contributed by atoms with Crippen LogP contribution < -0.4 is 0 Å². The first kappa shape index (κ1) is 15.2. The summed E-state index contributed by atoms with van der Waals surface area (Å²) in [6.45, 7) is 12.4. The van der Waals surface area contributed by atoms with E-state index >= 15 is 0 Å². The molecule has 0 atom stereocenters. The minimum Gasteiger partial charge on any atom is -0.466 e. The number of rotatable bonds is 6. The lowest BCUT2D eigenvalue weighted by molar-refractivity contribution is -0.136. The standard InChI is InChI=1S/C13H24O2Si/c1-7-8-9-10-12(16(4,5)6)11(2)13(14)15-3/h7H,1,8-10H2,2-6H3/b12-11-. The Balaban J connectivity index is 4.93. The Labute approximate surface area is 100 Å². The van der Waals surface area contributed by atoms with Gasteiger partial charge in [0.2, 0.25) is 0 Å². The van der Waals surface area contributed by atoms with Crippen LogP contribution >= 0.6 is 0 Å².